The van der Waals surface area contributed by atoms with Crippen LogP contribution in [0.2, 0.25) is 0 Å². The Morgan fingerprint density at radius 2 is 2.00 bits per heavy atom. The van der Waals surface area contributed by atoms with Crippen LogP contribution in [-0.2, 0) is 4.79 Å². The lowest BCUT2D eigenvalue weighted by molar-refractivity contribution is -0.150. The summed E-state index contributed by atoms with van der Waals surface area (Å²) in [6, 6.07) is 0.0656. The molecule has 2 N–H and O–H groups in total. The first kappa shape index (κ1) is 15.1. The van der Waals surface area contributed by atoms with Crippen LogP contribution in [0.5, 0.6) is 0 Å². The van der Waals surface area contributed by atoms with Crippen molar-refractivity contribution in [1.82, 2.24) is 10.2 Å². The fraction of sp³-hybridized carbons (Fsp3) is 0.867. The summed E-state index contributed by atoms with van der Waals surface area (Å²) in [5.74, 6) is 0.0215. The fourth-order valence-electron chi connectivity index (χ4n) is 3.11. The molecular weight excluding hydrogens is 256 g/mol. The van der Waals surface area contributed by atoms with E-state index in [0.717, 1.165) is 12.3 Å². The third-order valence-corrected chi connectivity index (χ3v) is 4.87. The summed E-state index contributed by atoms with van der Waals surface area (Å²) in [4.78, 5) is 25.4. The molecule has 1 aliphatic carbocycles. The van der Waals surface area contributed by atoms with Crippen molar-refractivity contribution >= 4 is 12.0 Å². The van der Waals surface area contributed by atoms with Gasteiger partial charge >= 0.3 is 12.0 Å². The zero-order valence-electron chi connectivity index (χ0n) is 12.7. The zero-order valence-corrected chi connectivity index (χ0v) is 12.7. The molecule has 5 nitrogen and oxygen atoms in total. The number of nitrogens with one attached hydrogen (secondary N) is 1. The molecule has 1 saturated heterocycles. The number of nitrogens with zero attached hydrogens (tertiary/aromatic N) is 1. The van der Waals surface area contributed by atoms with Gasteiger partial charge in [-0.25, -0.2) is 4.79 Å². The normalized spacial score (nSPS) is 27.7. The average molecular weight is 282 g/mol. The highest BCUT2D eigenvalue weighted by molar-refractivity contribution is 5.80. The Balaban J connectivity index is 1.90. The predicted molar refractivity (Wildman–Crippen MR) is 76.4 cm³/mol. The van der Waals surface area contributed by atoms with Crippen LogP contribution in [0.4, 0.5) is 4.79 Å². The first-order valence-corrected chi connectivity index (χ1v) is 7.64. The van der Waals surface area contributed by atoms with Gasteiger partial charge in [0.05, 0.1) is 5.41 Å². The van der Waals surface area contributed by atoms with E-state index in [1.54, 1.807) is 4.90 Å². The van der Waals surface area contributed by atoms with Crippen molar-refractivity contribution in [3.63, 3.8) is 0 Å². The van der Waals surface area contributed by atoms with Gasteiger partial charge in [0.2, 0.25) is 0 Å². The number of carbonyl (C=O) groups is 2. The molecule has 0 spiro atoms. The second-order valence-electron chi connectivity index (χ2n) is 6.82. The highest BCUT2D eigenvalue weighted by Crippen LogP contribution is 2.38. The van der Waals surface area contributed by atoms with Gasteiger partial charge in [-0.2, -0.15) is 0 Å². The molecule has 0 bridgehead atoms. The minimum atomic E-state index is -0.783. The van der Waals surface area contributed by atoms with Crippen LogP contribution in [0.1, 0.15) is 46.5 Å². The van der Waals surface area contributed by atoms with E-state index < -0.39 is 11.4 Å². The minimum Gasteiger partial charge on any atom is -0.481 e. The molecule has 1 saturated carbocycles. The summed E-state index contributed by atoms with van der Waals surface area (Å²) in [5, 5.41) is 12.5. The van der Waals surface area contributed by atoms with Gasteiger partial charge in [0, 0.05) is 19.1 Å². The van der Waals surface area contributed by atoms with Gasteiger partial charge in [0.25, 0.3) is 0 Å². The van der Waals surface area contributed by atoms with Crippen molar-refractivity contribution in [3.8, 4) is 0 Å². The second kappa shape index (κ2) is 5.62. The van der Waals surface area contributed by atoms with Gasteiger partial charge in [-0.15, -0.1) is 0 Å². The lowest BCUT2D eigenvalue weighted by Crippen LogP contribution is -2.46. The number of likely N-dealkylation sites (tertiary alicyclic amines) is 1. The van der Waals surface area contributed by atoms with Gasteiger partial charge in [0.15, 0.2) is 0 Å². The Morgan fingerprint density at radius 1 is 1.35 bits per heavy atom. The number of carboxylic acid groups (broad SMARTS) is 1. The molecule has 2 rings (SSSR count). The van der Waals surface area contributed by atoms with Crippen LogP contribution in [0.3, 0.4) is 0 Å². The van der Waals surface area contributed by atoms with Crippen molar-refractivity contribution in [2.75, 3.05) is 13.1 Å². The second-order valence-corrected chi connectivity index (χ2v) is 6.82. The molecule has 0 aromatic carbocycles. The molecule has 0 aromatic rings. The Morgan fingerprint density at radius 3 is 2.45 bits per heavy atom. The van der Waals surface area contributed by atoms with Crippen LogP contribution < -0.4 is 5.32 Å². The SMILES string of the molecule is CC(CC1CC1)NC(=O)N1CCC(C(=O)O)(C(C)C)C1. The topological polar surface area (TPSA) is 69.6 Å². The van der Waals surface area contributed by atoms with E-state index >= 15 is 0 Å². The van der Waals surface area contributed by atoms with Crippen LogP contribution in [0, 0.1) is 17.3 Å². The van der Waals surface area contributed by atoms with E-state index in [-0.39, 0.29) is 18.0 Å². The number of rotatable bonds is 5. The standard InChI is InChI=1S/C15H26N2O3/c1-10(2)15(13(18)19)6-7-17(9-15)14(20)16-11(3)8-12-4-5-12/h10-12H,4-9H2,1-3H3,(H,16,20)(H,18,19). The van der Waals surface area contributed by atoms with Crippen molar-refractivity contribution in [1.29, 1.82) is 0 Å². The molecule has 5 heteroatoms. The lowest BCUT2D eigenvalue weighted by atomic mass is 9.76. The Hall–Kier alpha value is -1.26. The molecule has 0 radical (unpaired) electrons. The largest absolute Gasteiger partial charge is 0.481 e. The van der Waals surface area contributed by atoms with E-state index in [0.29, 0.717) is 19.5 Å². The molecule has 2 fully saturated rings. The summed E-state index contributed by atoms with van der Waals surface area (Å²) < 4.78 is 0. The van der Waals surface area contributed by atoms with E-state index in [2.05, 4.69) is 5.32 Å². The minimum absolute atomic E-state index is 0.0293. The lowest BCUT2D eigenvalue weighted by Gasteiger charge is -2.29. The molecule has 0 aromatic heterocycles. The van der Waals surface area contributed by atoms with Crippen molar-refractivity contribution < 1.29 is 14.7 Å². The summed E-state index contributed by atoms with van der Waals surface area (Å²) in [6.45, 7) is 6.73. The number of carbonyl (C=O) groups excluding carboxylic acids is 1. The van der Waals surface area contributed by atoms with E-state index in [1.807, 2.05) is 20.8 Å². The fourth-order valence-corrected chi connectivity index (χ4v) is 3.11. The molecule has 2 atom stereocenters. The molecule has 2 unspecified atom stereocenters. The highest BCUT2D eigenvalue weighted by atomic mass is 16.4. The van der Waals surface area contributed by atoms with Gasteiger partial charge in [0.1, 0.15) is 0 Å². The average Bonchev–Trinajstić information content (AvgIpc) is 3.03. The molecular formula is C15H26N2O3. The molecule has 1 heterocycles. The Bertz CT molecular complexity index is 393. The number of carboxylic acids is 1. The number of hydrogen-bond acceptors (Lipinski definition) is 2. The molecule has 114 valence electrons. The van der Waals surface area contributed by atoms with Crippen LogP contribution in [-0.4, -0.2) is 41.1 Å². The maximum absolute atomic E-state index is 12.2. The van der Waals surface area contributed by atoms with Gasteiger partial charge < -0.3 is 15.3 Å². The highest BCUT2D eigenvalue weighted by Gasteiger charge is 2.48. The van der Waals surface area contributed by atoms with Gasteiger partial charge in [-0.1, -0.05) is 26.7 Å². The Kier molecular flexibility index (Phi) is 4.25. The number of amides is 2. The van der Waals surface area contributed by atoms with Crippen molar-refractivity contribution in [2.45, 2.75) is 52.5 Å². The maximum Gasteiger partial charge on any atom is 0.317 e. The van der Waals surface area contributed by atoms with E-state index in [9.17, 15) is 14.7 Å². The van der Waals surface area contributed by atoms with Gasteiger partial charge in [-0.3, -0.25) is 4.79 Å². The van der Waals surface area contributed by atoms with Crippen molar-refractivity contribution in [2.24, 2.45) is 17.3 Å². The van der Waals surface area contributed by atoms with Gasteiger partial charge in [-0.05, 0) is 31.6 Å². The van der Waals surface area contributed by atoms with Crippen LogP contribution in [0.25, 0.3) is 0 Å². The predicted octanol–water partition coefficient (Wildman–Crippen LogP) is 2.32. The summed E-state index contributed by atoms with van der Waals surface area (Å²) in [7, 11) is 0. The summed E-state index contributed by atoms with van der Waals surface area (Å²) in [5.41, 5.74) is -0.781. The quantitative estimate of drug-likeness (QED) is 0.813. The Labute approximate surface area is 120 Å². The first-order valence-electron chi connectivity index (χ1n) is 7.64. The van der Waals surface area contributed by atoms with E-state index in [1.165, 1.54) is 12.8 Å². The van der Waals surface area contributed by atoms with Crippen LogP contribution >= 0.6 is 0 Å². The summed E-state index contributed by atoms with van der Waals surface area (Å²) in [6.07, 6.45) is 4.14. The summed E-state index contributed by atoms with van der Waals surface area (Å²) >= 11 is 0. The molecule has 20 heavy (non-hydrogen) atoms. The first-order chi connectivity index (χ1) is 9.35. The van der Waals surface area contributed by atoms with E-state index in [4.69, 9.17) is 0 Å². The molecule has 1 aliphatic heterocycles. The van der Waals surface area contributed by atoms with Crippen molar-refractivity contribution in [3.05, 3.63) is 0 Å². The third-order valence-electron chi connectivity index (χ3n) is 4.87. The molecule has 2 amide bonds. The monoisotopic (exact) mass is 282 g/mol. The maximum atomic E-state index is 12.2. The third kappa shape index (κ3) is 3.07. The number of hydrogen-bond donors (Lipinski definition) is 2. The smallest absolute Gasteiger partial charge is 0.317 e. The van der Waals surface area contributed by atoms with Crippen LogP contribution in [0.15, 0.2) is 0 Å². The zero-order chi connectivity index (χ0) is 14.9. The number of aliphatic carboxylic acids is 1. The number of urea groups is 1. The molecule has 2 aliphatic rings.